The third kappa shape index (κ3) is 3.72. The van der Waals surface area contributed by atoms with Crippen molar-refractivity contribution >= 4 is 45.0 Å². The number of benzene rings is 1. The molecule has 0 bridgehead atoms. The number of rotatable bonds is 3. The standard InChI is InChI=1S/C15H15Cl2NO3S2/c16-11-3-4-12(17)15(10-11)23(19,20)18-6-5-14(22-9-7-18)13-2-1-8-21-13/h1-4,8,10,14H,5-7,9H2/t14-/m1/s1. The molecule has 1 fully saturated rings. The van der Waals surface area contributed by atoms with Gasteiger partial charge >= 0.3 is 0 Å². The molecule has 23 heavy (non-hydrogen) atoms. The van der Waals surface area contributed by atoms with Crippen LogP contribution >= 0.6 is 35.0 Å². The number of furan rings is 1. The Morgan fingerprint density at radius 1 is 1.22 bits per heavy atom. The molecular formula is C15H15Cl2NO3S2. The first kappa shape index (κ1) is 17.2. The van der Waals surface area contributed by atoms with Gasteiger partial charge in [0.05, 0.1) is 16.5 Å². The zero-order valence-electron chi connectivity index (χ0n) is 12.1. The molecule has 0 radical (unpaired) electrons. The van der Waals surface area contributed by atoms with Crippen molar-refractivity contribution in [2.45, 2.75) is 16.6 Å². The van der Waals surface area contributed by atoms with Crippen LogP contribution in [0.15, 0.2) is 45.9 Å². The van der Waals surface area contributed by atoms with Gasteiger partial charge in [0.1, 0.15) is 10.7 Å². The highest BCUT2D eigenvalue weighted by Crippen LogP contribution is 2.36. The summed E-state index contributed by atoms with van der Waals surface area (Å²) in [5, 5.41) is 0.708. The van der Waals surface area contributed by atoms with Crippen LogP contribution in [0.2, 0.25) is 10.0 Å². The molecule has 1 aliphatic rings. The Bertz CT molecular complexity index is 778. The number of thioether (sulfide) groups is 1. The van der Waals surface area contributed by atoms with Crippen molar-refractivity contribution in [3.8, 4) is 0 Å². The molecule has 2 heterocycles. The first-order valence-electron chi connectivity index (χ1n) is 7.08. The predicted molar refractivity (Wildman–Crippen MR) is 93.7 cm³/mol. The highest BCUT2D eigenvalue weighted by Gasteiger charge is 2.30. The van der Waals surface area contributed by atoms with E-state index in [-0.39, 0.29) is 15.2 Å². The number of nitrogens with zero attached hydrogens (tertiary/aromatic N) is 1. The monoisotopic (exact) mass is 391 g/mol. The van der Waals surface area contributed by atoms with Crippen molar-refractivity contribution in [3.05, 3.63) is 52.4 Å². The van der Waals surface area contributed by atoms with Crippen LogP contribution in [-0.2, 0) is 10.0 Å². The van der Waals surface area contributed by atoms with Gasteiger partial charge in [0, 0.05) is 23.9 Å². The molecule has 0 spiro atoms. The molecular weight excluding hydrogens is 377 g/mol. The summed E-state index contributed by atoms with van der Waals surface area (Å²) in [6, 6.07) is 8.26. The van der Waals surface area contributed by atoms with Crippen LogP contribution in [0, 0.1) is 0 Å². The molecule has 0 saturated carbocycles. The molecule has 1 atom stereocenters. The van der Waals surface area contributed by atoms with E-state index in [4.69, 9.17) is 27.6 Å². The van der Waals surface area contributed by atoms with E-state index in [1.807, 2.05) is 12.1 Å². The topological polar surface area (TPSA) is 50.5 Å². The van der Waals surface area contributed by atoms with Crippen LogP contribution in [0.4, 0.5) is 0 Å². The summed E-state index contributed by atoms with van der Waals surface area (Å²) in [4.78, 5) is 0.0631. The second-order valence-corrected chi connectivity index (χ2v) is 9.20. The molecule has 1 aromatic carbocycles. The van der Waals surface area contributed by atoms with Crippen LogP contribution in [0.25, 0.3) is 0 Å². The third-order valence-corrected chi connectivity index (χ3v) is 7.58. The maximum atomic E-state index is 12.9. The Morgan fingerprint density at radius 2 is 2.04 bits per heavy atom. The SMILES string of the molecule is O=S(=O)(c1cc(Cl)ccc1Cl)N1CCS[C@@H](c2ccco2)CC1. The van der Waals surface area contributed by atoms with Gasteiger partial charge in [-0.15, -0.1) is 11.8 Å². The van der Waals surface area contributed by atoms with Crippen molar-refractivity contribution in [2.24, 2.45) is 0 Å². The fourth-order valence-electron chi connectivity index (χ4n) is 2.51. The average Bonchev–Trinajstić information content (AvgIpc) is 2.93. The van der Waals surface area contributed by atoms with Gasteiger partial charge in [-0.05, 0) is 36.8 Å². The first-order valence-corrected chi connectivity index (χ1v) is 10.3. The van der Waals surface area contributed by atoms with E-state index in [1.165, 1.54) is 16.4 Å². The van der Waals surface area contributed by atoms with Crippen molar-refractivity contribution in [1.29, 1.82) is 0 Å². The molecule has 2 aromatic rings. The number of halogens is 2. The second-order valence-electron chi connectivity index (χ2n) is 5.14. The Kier molecular flexibility index (Phi) is 5.28. The van der Waals surface area contributed by atoms with E-state index in [0.717, 1.165) is 5.76 Å². The van der Waals surface area contributed by atoms with Gasteiger partial charge in [-0.3, -0.25) is 0 Å². The zero-order chi connectivity index (χ0) is 16.4. The van der Waals surface area contributed by atoms with E-state index in [0.29, 0.717) is 30.3 Å². The quantitative estimate of drug-likeness (QED) is 0.774. The number of sulfonamides is 1. The first-order chi connectivity index (χ1) is 11.0. The lowest BCUT2D eigenvalue weighted by Gasteiger charge is -2.20. The lowest BCUT2D eigenvalue weighted by Crippen LogP contribution is -2.33. The molecule has 0 amide bonds. The van der Waals surface area contributed by atoms with E-state index in [1.54, 1.807) is 24.1 Å². The lowest BCUT2D eigenvalue weighted by molar-refractivity contribution is 0.417. The van der Waals surface area contributed by atoms with E-state index < -0.39 is 10.0 Å². The van der Waals surface area contributed by atoms with Gasteiger partial charge in [0.2, 0.25) is 10.0 Å². The van der Waals surface area contributed by atoms with Crippen LogP contribution in [0.5, 0.6) is 0 Å². The van der Waals surface area contributed by atoms with E-state index in [2.05, 4.69) is 0 Å². The summed E-state index contributed by atoms with van der Waals surface area (Å²) in [5.41, 5.74) is 0. The Morgan fingerprint density at radius 3 is 2.78 bits per heavy atom. The normalized spacial score (nSPS) is 20.3. The molecule has 1 aromatic heterocycles. The van der Waals surface area contributed by atoms with Crippen molar-refractivity contribution in [2.75, 3.05) is 18.8 Å². The molecule has 8 heteroatoms. The molecule has 3 rings (SSSR count). The zero-order valence-corrected chi connectivity index (χ0v) is 15.3. The molecule has 0 aliphatic carbocycles. The van der Waals surface area contributed by atoms with Gasteiger partial charge in [-0.1, -0.05) is 23.2 Å². The summed E-state index contributed by atoms with van der Waals surface area (Å²) >= 11 is 13.7. The minimum Gasteiger partial charge on any atom is -0.468 e. The maximum absolute atomic E-state index is 12.9. The maximum Gasteiger partial charge on any atom is 0.244 e. The van der Waals surface area contributed by atoms with Gasteiger partial charge in [0.15, 0.2) is 0 Å². The third-order valence-electron chi connectivity index (χ3n) is 3.67. The number of hydrogen-bond acceptors (Lipinski definition) is 4. The summed E-state index contributed by atoms with van der Waals surface area (Å²) in [6.07, 6.45) is 2.33. The Labute approximate surface area is 149 Å². The van der Waals surface area contributed by atoms with E-state index >= 15 is 0 Å². The average molecular weight is 392 g/mol. The molecule has 0 N–H and O–H groups in total. The Balaban J connectivity index is 1.82. The largest absolute Gasteiger partial charge is 0.468 e. The lowest BCUT2D eigenvalue weighted by atomic mass is 10.2. The summed E-state index contributed by atoms with van der Waals surface area (Å²) in [5.74, 6) is 1.58. The van der Waals surface area contributed by atoms with Crippen LogP contribution in [0.3, 0.4) is 0 Å². The van der Waals surface area contributed by atoms with Gasteiger partial charge in [-0.2, -0.15) is 4.31 Å². The second kappa shape index (κ2) is 7.07. The molecule has 0 unspecified atom stereocenters. The molecule has 1 saturated heterocycles. The van der Waals surface area contributed by atoms with E-state index in [9.17, 15) is 8.42 Å². The molecule has 1 aliphatic heterocycles. The minimum atomic E-state index is -3.66. The summed E-state index contributed by atoms with van der Waals surface area (Å²) in [6.45, 7) is 0.858. The van der Waals surface area contributed by atoms with Crippen LogP contribution < -0.4 is 0 Å². The van der Waals surface area contributed by atoms with Crippen molar-refractivity contribution < 1.29 is 12.8 Å². The number of hydrogen-bond donors (Lipinski definition) is 0. The minimum absolute atomic E-state index is 0.0631. The van der Waals surface area contributed by atoms with Gasteiger partial charge in [-0.25, -0.2) is 8.42 Å². The van der Waals surface area contributed by atoms with Crippen molar-refractivity contribution in [1.82, 2.24) is 4.31 Å². The highest BCUT2D eigenvalue weighted by atomic mass is 35.5. The highest BCUT2D eigenvalue weighted by molar-refractivity contribution is 7.99. The molecule has 124 valence electrons. The Hall–Kier alpha value is -0.660. The fourth-order valence-corrected chi connectivity index (χ4v) is 6.00. The summed E-state index contributed by atoms with van der Waals surface area (Å²) in [7, 11) is -3.66. The predicted octanol–water partition coefficient (Wildman–Crippen LogP) is 4.46. The van der Waals surface area contributed by atoms with Gasteiger partial charge < -0.3 is 4.42 Å². The fraction of sp³-hybridized carbons (Fsp3) is 0.333. The summed E-state index contributed by atoms with van der Waals surface area (Å²) < 4.78 is 32.6. The van der Waals surface area contributed by atoms with Crippen LogP contribution in [-0.4, -0.2) is 31.6 Å². The van der Waals surface area contributed by atoms with Crippen molar-refractivity contribution in [3.63, 3.8) is 0 Å². The molecule has 4 nitrogen and oxygen atoms in total. The van der Waals surface area contributed by atoms with Crippen LogP contribution in [0.1, 0.15) is 17.4 Å². The smallest absolute Gasteiger partial charge is 0.244 e. The van der Waals surface area contributed by atoms with Gasteiger partial charge in [0.25, 0.3) is 0 Å².